The maximum atomic E-state index is 4.83. The Morgan fingerprint density at radius 2 is 1.90 bits per heavy atom. The molecule has 1 aromatic carbocycles. The molecule has 1 atom stereocenters. The predicted octanol–water partition coefficient (Wildman–Crippen LogP) is 5.12. The first kappa shape index (κ1) is 18.3. The monoisotopic (exact) mass is 397 g/mol. The molecule has 2 N–H and O–H groups in total. The zero-order valence-corrected chi connectivity index (χ0v) is 17.2. The zero-order valence-electron chi connectivity index (χ0n) is 17.2. The summed E-state index contributed by atoms with van der Waals surface area (Å²) in [6.07, 6.45) is 7.41. The molecule has 0 fully saturated rings. The summed E-state index contributed by atoms with van der Waals surface area (Å²) in [5.41, 5.74) is 4.76. The Labute approximate surface area is 174 Å². The summed E-state index contributed by atoms with van der Waals surface area (Å²) >= 11 is 0. The molecule has 1 unspecified atom stereocenters. The van der Waals surface area contributed by atoms with Gasteiger partial charge in [-0.15, -0.1) is 0 Å². The van der Waals surface area contributed by atoms with Gasteiger partial charge in [-0.1, -0.05) is 18.2 Å². The van der Waals surface area contributed by atoms with Crippen LogP contribution in [0.25, 0.3) is 33.5 Å². The summed E-state index contributed by atoms with van der Waals surface area (Å²) in [6, 6.07) is 12.4. The average molecular weight is 397 g/mol. The smallest absolute Gasteiger partial charge is 0.166 e. The van der Waals surface area contributed by atoms with E-state index in [1.54, 1.807) is 12.4 Å². The molecule has 4 heterocycles. The fraction of sp³-hybridized carbons (Fsp3) is 0.217. The first-order chi connectivity index (χ1) is 14.6. The molecule has 7 heteroatoms. The van der Waals surface area contributed by atoms with E-state index in [9.17, 15) is 0 Å². The Balaban J connectivity index is 1.62. The molecule has 0 saturated carbocycles. The van der Waals surface area contributed by atoms with Crippen molar-refractivity contribution in [2.75, 3.05) is 5.32 Å². The average Bonchev–Trinajstić information content (AvgIpc) is 3.39. The summed E-state index contributed by atoms with van der Waals surface area (Å²) in [4.78, 5) is 21.8. The van der Waals surface area contributed by atoms with Gasteiger partial charge in [0.15, 0.2) is 17.3 Å². The molecule has 0 aliphatic carbocycles. The van der Waals surface area contributed by atoms with Crippen molar-refractivity contribution in [3.05, 3.63) is 66.9 Å². The fourth-order valence-electron chi connectivity index (χ4n) is 3.75. The molecule has 0 aliphatic rings. The van der Waals surface area contributed by atoms with Gasteiger partial charge in [-0.25, -0.2) is 15.0 Å². The normalized spacial score (nSPS) is 12.7. The zero-order chi connectivity index (χ0) is 20.7. The number of aromatic amines is 1. The highest BCUT2D eigenvalue weighted by molar-refractivity contribution is 5.87. The van der Waals surface area contributed by atoms with Gasteiger partial charge < -0.3 is 14.9 Å². The second-order valence-electron chi connectivity index (χ2n) is 7.71. The Morgan fingerprint density at radius 1 is 1.03 bits per heavy atom. The molecule has 5 rings (SSSR count). The topological polar surface area (TPSA) is 84.3 Å². The van der Waals surface area contributed by atoms with Crippen LogP contribution in [0.1, 0.15) is 38.4 Å². The number of rotatable bonds is 5. The lowest BCUT2D eigenvalue weighted by Gasteiger charge is -2.16. The maximum Gasteiger partial charge on any atom is 0.166 e. The van der Waals surface area contributed by atoms with Crippen molar-refractivity contribution in [1.82, 2.24) is 29.5 Å². The molecule has 0 aliphatic heterocycles. The van der Waals surface area contributed by atoms with Crippen LogP contribution in [0.5, 0.6) is 0 Å². The molecule has 30 heavy (non-hydrogen) atoms. The molecule has 150 valence electrons. The van der Waals surface area contributed by atoms with Crippen molar-refractivity contribution in [2.45, 2.75) is 32.9 Å². The summed E-state index contributed by atoms with van der Waals surface area (Å²) in [7, 11) is 0. The number of para-hydroxylation sites is 1. The first-order valence-corrected chi connectivity index (χ1v) is 10.1. The lowest BCUT2D eigenvalue weighted by Crippen LogP contribution is -2.10. The van der Waals surface area contributed by atoms with E-state index in [1.165, 1.54) is 10.9 Å². The molecule has 0 radical (unpaired) electrons. The number of nitrogens with zero attached hydrogens (tertiary/aromatic N) is 5. The van der Waals surface area contributed by atoms with Gasteiger partial charge >= 0.3 is 0 Å². The summed E-state index contributed by atoms with van der Waals surface area (Å²) in [5.74, 6) is 1.35. The van der Waals surface area contributed by atoms with E-state index in [-0.39, 0.29) is 12.1 Å². The van der Waals surface area contributed by atoms with Crippen LogP contribution in [-0.4, -0.2) is 29.5 Å². The molecule has 0 amide bonds. The van der Waals surface area contributed by atoms with E-state index in [1.807, 2.05) is 24.5 Å². The van der Waals surface area contributed by atoms with Crippen molar-refractivity contribution in [1.29, 1.82) is 0 Å². The number of pyridine rings is 1. The summed E-state index contributed by atoms with van der Waals surface area (Å²) in [6.45, 7) is 6.37. The third kappa shape index (κ3) is 3.08. The van der Waals surface area contributed by atoms with E-state index in [0.717, 1.165) is 28.1 Å². The molecule has 4 aromatic heterocycles. The van der Waals surface area contributed by atoms with Crippen molar-refractivity contribution < 1.29 is 0 Å². The van der Waals surface area contributed by atoms with Crippen LogP contribution in [0.2, 0.25) is 0 Å². The number of imidazole rings is 1. The Bertz CT molecular complexity index is 1320. The largest absolute Gasteiger partial charge is 0.361 e. The van der Waals surface area contributed by atoms with E-state index in [0.29, 0.717) is 5.82 Å². The minimum Gasteiger partial charge on any atom is -0.361 e. The van der Waals surface area contributed by atoms with Gasteiger partial charge in [-0.05, 0) is 44.5 Å². The van der Waals surface area contributed by atoms with Gasteiger partial charge in [0.2, 0.25) is 0 Å². The van der Waals surface area contributed by atoms with Gasteiger partial charge in [-0.3, -0.25) is 4.98 Å². The lowest BCUT2D eigenvalue weighted by molar-refractivity contribution is 0.613. The first-order valence-electron chi connectivity index (χ1n) is 10.1. The van der Waals surface area contributed by atoms with Crippen molar-refractivity contribution >= 4 is 27.9 Å². The third-order valence-corrected chi connectivity index (χ3v) is 5.34. The highest BCUT2D eigenvalue weighted by Gasteiger charge is 2.19. The van der Waals surface area contributed by atoms with Crippen LogP contribution in [0.4, 0.5) is 5.82 Å². The van der Waals surface area contributed by atoms with Crippen molar-refractivity contribution in [2.24, 2.45) is 0 Å². The summed E-state index contributed by atoms with van der Waals surface area (Å²) in [5, 5.41) is 4.77. The number of nitrogens with one attached hydrogen (secondary N) is 2. The highest BCUT2D eigenvalue weighted by Crippen LogP contribution is 2.30. The van der Waals surface area contributed by atoms with Gasteiger partial charge in [0.1, 0.15) is 5.52 Å². The number of H-pyrrole nitrogens is 1. The van der Waals surface area contributed by atoms with Crippen LogP contribution in [0.3, 0.4) is 0 Å². The minimum absolute atomic E-state index is 0.0326. The molecule has 0 saturated heterocycles. The molecule has 7 nitrogen and oxygen atoms in total. The van der Waals surface area contributed by atoms with E-state index < -0.39 is 0 Å². The Kier molecular flexibility index (Phi) is 4.43. The van der Waals surface area contributed by atoms with Crippen molar-refractivity contribution in [3.63, 3.8) is 0 Å². The summed E-state index contributed by atoms with van der Waals surface area (Å²) < 4.78 is 2.07. The van der Waals surface area contributed by atoms with Gasteiger partial charge in [0.05, 0.1) is 12.4 Å². The molecular formula is C23H23N7. The van der Waals surface area contributed by atoms with Crippen LogP contribution in [0.15, 0.2) is 61.3 Å². The Hall–Kier alpha value is -3.74. The number of fused-ring (bicyclic) bond motifs is 2. The number of anilines is 1. The number of aromatic nitrogens is 6. The van der Waals surface area contributed by atoms with Gasteiger partial charge in [0.25, 0.3) is 0 Å². The molecule has 0 spiro atoms. The van der Waals surface area contributed by atoms with Crippen LogP contribution >= 0.6 is 0 Å². The third-order valence-electron chi connectivity index (χ3n) is 5.34. The second-order valence-corrected chi connectivity index (χ2v) is 7.71. The number of hydrogen-bond acceptors (Lipinski definition) is 5. The van der Waals surface area contributed by atoms with Crippen LogP contribution in [0, 0.1) is 0 Å². The molecular weight excluding hydrogens is 374 g/mol. The van der Waals surface area contributed by atoms with Crippen LogP contribution < -0.4 is 5.32 Å². The quantitative estimate of drug-likeness (QED) is 0.430. The molecule has 0 bridgehead atoms. The van der Waals surface area contributed by atoms with E-state index >= 15 is 0 Å². The van der Waals surface area contributed by atoms with Crippen molar-refractivity contribution in [3.8, 4) is 11.4 Å². The maximum absolute atomic E-state index is 4.83. The number of benzene rings is 1. The second kappa shape index (κ2) is 7.26. The number of hydrogen-bond donors (Lipinski definition) is 2. The van der Waals surface area contributed by atoms with Crippen LogP contribution in [-0.2, 0) is 0 Å². The van der Waals surface area contributed by atoms with Gasteiger partial charge in [-0.2, -0.15) is 0 Å². The van der Waals surface area contributed by atoms with E-state index in [4.69, 9.17) is 9.97 Å². The Morgan fingerprint density at radius 3 is 2.70 bits per heavy atom. The standard InChI is InChI=1S/C23H23N7/c1-14(2)30-13-26-20-22(28-21(29-23(20)30)16-7-6-10-24-11-16)27-15(3)18-12-25-19-9-5-4-8-17(18)19/h4-15,25H,1-3H3,(H,27,28,29). The predicted molar refractivity (Wildman–Crippen MR) is 119 cm³/mol. The van der Waals surface area contributed by atoms with E-state index in [2.05, 4.69) is 70.0 Å². The minimum atomic E-state index is 0.0326. The highest BCUT2D eigenvalue weighted by atomic mass is 15.2. The van der Waals surface area contributed by atoms with Gasteiger partial charge in [0, 0.05) is 41.1 Å². The fourth-order valence-corrected chi connectivity index (χ4v) is 3.75. The SMILES string of the molecule is CC(Nc1nc(-c2cccnc2)nc2c1ncn2C(C)C)c1c[nH]c2ccccc12. The lowest BCUT2D eigenvalue weighted by atomic mass is 10.1. The molecule has 5 aromatic rings.